The van der Waals surface area contributed by atoms with Gasteiger partial charge in [-0.15, -0.1) is 0 Å². The van der Waals surface area contributed by atoms with Gasteiger partial charge in [-0.3, -0.25) is 4.98 Å². The third kappa shape index (κ3) is 2.48. The van der Waals surface area contributed by atoms with E-state index in [0.29, 0.717) is 5.92 Å². The molecule has 2 N–H and O–H groups in total. The Kier molecular flexibility index (Phi) is 3.58. The fourth-order valence-electron chi connectivity index (χ4n) is 3.21. The molecule has 0 fully saturated rings. The van der Waals surface area contributed by atoms with Gasteiger partial charge in [0.15, 0.2) is 0 Å². The van der Waals surface area contributed by atoms with E-state index in [2.05, 4.69) is 43.1 Å². The minimum Gasteiger partial charge on any atom is -0.327 e. The summed E-state index contributed by atoms with van der Waals surface area (Å²) >= 11 is 0. The van der Waals surface area contributed by atoms with E-state index < -0.39 is 0 Å². The fourth-order valence-corrected chi connectivity index (χ4v) is 3.21. The summed E-state index contributed by atoms with van der Waals surface area (Å²) in [5, 5.41) is 0. The first-order chi connectivity index (χ1) is 9.65. The largest absolute Gasteiger partial charge is 0.327 e. The van der Waals surface area contributed by atoms with Crippen molar-refractivity contribution < 1.29 is 0 Å². The molecule has 2 atom stereocenters. The molecule has 0 amide bonds. The maximum atomic E-state index is 6.47. The Morgan fingerprint density at radius 2 is 2.10 bits per heavy atom. The summed E-state index contributed by atoms with van der Waals surface area (Å²) in [6.07, 6.45) is 5.08. The van der Waals surface area contributed by atoms with Crippen LogP contribution in [0.2, 0.25) is 0 Å². The second kappa shape index (κ2) is 5.37. The van der Waals surface area contributed by atoms with Crippen molar-refractivity contribution >= 4 is 0 Å². The van der Waals surface area contributed by atoms with Crippen molar-refractivity contribution in [3.05, 3.63) is 64.5 Å². The quantitative estimate of drug-likeness (QED) is 0.925. The molecule has 0 radical (unpaired) electrons. The average molecular weight is 266 g/mol. The van der Waals surface area contributed by atoms with Crippen LogP contribution in [0, 0.1) is 13.8 Å². The summed E-state index contributed by atoms with van der Waals surface area (Å²) in [4.78, 5) is 4.56. The van der Waals surface area contributed by atoms with E-state index >= 15 is 0 Å². The van der Waals surface area contributed by atoms with E-state index in [4.69, 9.17) is 5.73 Å². The normalized spacial score (nSPS) is 18.9. The maximum Gasteiger partial charge on any atom is 0.0482 e. The van der Waals surface area contributed by atoms with Crippen LogP contribution in [0.3, 0.4) is 0 Å². The van der Waals surface area contributed by atoms with Crippen molar-refractivity contribution in [1.29, 1.82) is 0 Å². The molecule has 2 aromatic rings. The molecule has 0 saturated heterocycles. The summed E-state index contributed by atoms with van der Waals surface area (Å²) in [5.41, 5.74) is 13.1. The van der Waals surface area contributed by atoms with Crippen LogP contribution in [0.15, 0.2) is 36.5 Å². The molecule has 1 aromatic heterocycles. The molecular formula is C18H22N2. The van der Waals surface area contributed by atoms with Gasteiger partial charge in [0.1, 0.15) is 0 Å². The van der Waals surface area contributed by atoms with Crippen molar-refractivity contribution in [3.8, 4) is 0 Å². The Morgan fingerprint density at radius 1 is 1.25 bits per heavy atom. The predicted molar refractivity (Wildman–Crippen MR) is 82.9 cm³/mol. The van der Waals surface area contributed by atoms with Gasteiger partial charge in [-0.05, 0) is 61.4 Å². The number of aromatic nitrogens is 1. The van der Waals surface area contributed by atoms with Crippen molar-refractivity contribution in [3.63, 3.8) is 0 Å². The molecule has 1 aliphatic carbocycles. The number of rotatable bonds is 3. The van der Waals surface area contributed by atoms with E-state index in [1.807, 2.05) is 12.3 Å². The minimum absolute atomic E-state index is 0.160. The molecule has 2 unspecified atom stereocenters. The second-order valence-electron chi connectivity index (χ2n) is 5.98. The monoisotopic (exact) mass is 266 g/mol. The highest BCUT2D eigenvalue weighted by Crippen LogP contribution is 2.34. The molecular weight excluding hydrogens is 244 g/mol. The second-order valence-corrected chi connectivity index (χ2v) is 5.98. The topological polar surface area (TPSA) is 38.9 Å². The van der Waals surface area contributed by atoms with E-state index in [0.717, 1.165) is 19.3 Å². The maximum absolute atomic E-state index is 6.47. The number of aryl methyl sites for hydroxylation is 3. The average Bonchev–Trinajstić information content (AvgIpc) is 2.87. The predicted octanol–water partition coefficient (Wildman–Crippen LogP) is 3.30. The fraction of sp³-hybridized carbons (Fsp3) is 0.389. The first kappa shape index (κ1) is 13.3. The summed E-state index contributed by atoms with van der Waals surface area (Å²) < 4.78 is 0. The van der Waals surface area contributed by atoms with Gasteiger partial charge < -0.3 is 5.73 Å². The molecule has 0 saturated carbocycles. The third-order valence-corrected chi connectivity index (χ3v) is 4.56. The zero-order valence-electron chi connectivity index (χ0n) is 12.3. The number of hydrogen-bond acceptors (Lipinski definition) is 2. The number of hydrogen-bond donors (Lipinski definition) is 1. The first-order valence-electron chi connectivity index (χ1n) is 7.40. The van der Waals surface area contributed by atoms with E-state index in [1.54, 1.807) is 0 Å². The van der Waals surface area contributed by atoms with Gasteiger partial charge in [-0.25, -0.2) is 0 Å². The number of nitrogens with two attached hydrogens (primary N) is 1. The van der Waals surface area contributed by atoms with Crippen LogP contribution in [0.5, 0.6) is 0 Å². The number of benzene rings is 1. The standard InChI is InChI=1S/C18H22N2/c1-12-5-6-14(10-13(12)2)11-17(19)16-8-7-15-4-3-9-20-18(15)16/h3-6,9-10,16-17H,7-8,11,19H2,1-2H3. The van der Waals surface area contributed by atoms with Gasteiger partial charge in [-0.2, -0.15) is 0 Å². The zero-order valence-corrected chi connectivity index (χ0v) is 12.3. The van der Waals surface area contributed by atoms with Crippen molar-refractivity contribution in [2.45, 2.75) is 45.1 Å². The van der Waals surface area contributed by atoms with Crippen LogP contribution in [0.25, 0.3) is 0 Å². The van der Waals surface area contributed by atoms with E-state index in [1.165, 1.54) is 27.9 Å². The molecule has 3 rings (SSSR count). The lowest BCUT2D eigenvalue weighted by molar-refractivity contribution is 0.517. The Morgan fingerprint density at radius 3 is 2.90 bits per heavy atom. The van der Waals surface area contributed by atoms with Crippen molar-refractivity contribution in [2.24, 2.45) is 5.73 Å². The highest BCUT2D eigenvalue weighted by Gasteiger charge is 2.28. The van der Waals surface area contributed by atoms with Gasteiger partial charge in [-0.1, -0.05) is 24.3 Å². The lowest BCUT2D eigenvalue weighted by Gasteiger charge is -2.20. The Labute approximate surface area is 121 Å². The van der Waals surface area contributed by atoms with Crippen LogP contribution in [0.4, 0.5) is 0 Å². The minimum atomic E-state index is 0.160. The summed E-state index contributed by atoms with van der Waals surface area (Å²) in [5.74, 6) is 0.410. The van der Waals surface area contributed by atoms with Crippen LogP contribution < -0.4 is 5.73 Å². The highest BCUT2D eigenvalue weighted by molar-refractivity contribution is 5.33. The van der Waals surface area contributed by atoms with Crippen molar-refractivity contribution in [1.82, 2.24) is 4.98 Å². The molecule has 2 nitrogen and oxygen atoms in total. The van der Waals surface area contributed by atoms with E-state index in [-0.39, 0.29) is 6.04 Å². The number of nitrogens with zero attached hydrogens (tertiary/aromatic N) is 1. The molecule has 0 aliphatic heterocycles. The molecule has 1 heterocycles. The SMILES string of the molecule is Cc1ccc(CC(N)C2CCc3cccnc32)cc1C. The smallest absolute Gasteiger partial charge is 0.0482 e. The Balaban J connectivity index is 1.77. The van der Waals surface area contributed by atoms with Gasteiger partial charge in [0, 0.05) is 23.9 Å². The molecule has 1 aromatic carbocycles. The first-order valence-corrected chi connectivity index (χ1v) is 7.40. The molecule has 2 heteroatoms. The van der Waals surface area contributed by atoms with Gasteiger partial charge in [0.2, 0.25) is 0 Å². The molecule has 20 heavy (non-hydrogen) atoms. The summed E-state index contributed by atoms with van der Waals surface area (Å²) in [7, 11) is 0. The van der Waals surface area contributed by atoms with E-state index in [9.17, 15) is 0 Å². The highest BCUT2D eigenvalue weighted by atomic mass is 14.7. The number of pyridine rings is 1. The van der Waals surface area contributed by atoms with Crippen molar-refractivity contribution in [2.75, 3.05) is 0 Å². The molecule has 0 spiro atoms. The van der Waals surface area contributed by atoms with Crippen LogP contribution in [-0.4, -0.2) is 11.0 Å². The lowest BCUT2D eigenvalue weighted by atomic mass is 9.91. The molecule has 104 valence electrons. The van der Waals surface area contributed by atoms with Gasteiger partial charge in [0.05, 0.1) is 0 Å². The molecule has 1 aliphatic rings. The van der Waals surface area contributed by atoms with Crippen LogP contribution in [0.1, 0.15) is 40.3 Å². The Bertz CT molecular complexity index is 619. The Hall–Kier alpha value is -1.67. The summed E-state index contributed by atoms with van der Waals surface area (Å²) in [6.45, 7) is 4.31. The zero-order chi connectivity index (χ0) is 14.1. The molecule has 0 bridgehead atoms. The van der Waals surface area contributed by atoms with Gasteiger partial charge in [0.25, 0.3) is 0 Å². The van der Waals surface area contributed by atoms with Gasteiger partial charge >= 0.3 is 0 Å². The van der Waals surface area contributed by atoms with Crippen LogP contribution >= 0.6 is 0 Å². The summed E-state index contributed by atoms with van der Waals surface area (Å²) in [6, 6.07) is 11.0. The number of fused-ring (bicyclic) bond motifs is 1. The van der Waals surface area contributed by atoms with Crippen LogP contribution in [-0.2, 0) is 12.8 Å². The third-order valence-electron chi connectivity index (χ3n) is 4.56. The lowest BCUT2D eigenvalue weighted by Crippen LogP contribution is -2.30.